The zero-order chi connectivity index (χ0) is 11.1. The van der Waals surface area contributed by atoms with Crippen molar-refractivity contribution < 1.29 is 9.53 Å². The molecule has 1 amide bonds. The van der Waals surface area contributed by atoms with E-state index in [1.54, 1.807) is 0 Å². The molecule has 0 aromatic carbocycles. The summed E-state index contributed by atoms with van der Waals surface area (Å²) < 4.78 is 5.06. The summed E-state index contributed by atoms with van der Waals surface area (Å²) in [5, 5.41) is 2.92. The number of carbonyl (C=O) groups excluding carboxylic acids is 1. The molecule has 0 spiro atoms. The van der Waals surface area contributed by atoms with Crippen LogP contribution in [0.3, 0.4) is 0 Å². The molecule has 1 fully saturated rings. The Hall–Kier alpha value is -0.610. The molecule has 0 unspecified atom stereocenters. The van der Waals surface area contributed by atoms with Crippen molar-refractivity contribution in [2.24, 2.45) is 11.1 Å². The van der Waals surface area contributed by atoms with Crippen molar-refractivity contribution in [2.75, 3.05) is 26.3 Å². The minimum Gasteiger partial charge on any atom is -0.370 e. The highest BCUT2D eigenvalue weighted by Crippen LogP contribution is 2.36. The van der Waals surface area contributed by atoms with Crippen molar-refractivity contribution in [3.63, 3.8) is 0 Å². The van der Waals surface area contributed by atoms with E-state index in [9.17, 15) is 4.79 Å². The van der Waals surface area contributed by atoms with Crippen LogP contribution in [0.5, 0.6) is 0 Å². The lowest BCUT2D eigenvalue weighted by molar-refractivity contribution is -0.126. The zero-order valence-electron chi connectivity index (χ0n) is 9.55. The second kappa shape index (κ2) is 6.08. The van der Waals surface area contributed by atoms with E-state index in [2.05, 4.69) is 12.2 Å². The highest BCUT2D eigenvalue weighted by Gasteiger charge is 2.28. The van der Waals surface area contributed by atoms with Gasteiger partial charge in [0.1, 0.15) is 6.61 Å². The van der Waals surface area contributed by atoms with Crippen molar-refractivity contribution in [3.05, 3.63) is 0 Å². The molecule has 4 nitrogen and oxygen atoms in total. The average molecular weight is 214 g/mol. The van der Waals surface area contributed by atoms with Crippen molar-refractivity contribution in [1.29, 1.82) is 0 Å². The Morgan fingerprint density at radius 1 is 1.47 bits per heavy atom. The molecule has 15 heavy (non-hydrogen) atoms. The van der Waals surface area contributed by atoms with Crippen LogP contribution >= 0.6 is 0 Å². The number of hydrogen-bond acceptors (Lipinski definition) is 3. The van der Waals surface area contributed by atoms with E-state index in [0.29, 0.717) is 18.6 Å². The van der Waals surface area contributed by atoms with Crippen LogP contribution in [-0.4, -0.2) is 32.2 Å². The molecule has 0 saturated heterocycles. The molecule has 88 valence electrons. The monoisotopic (exact) mass is 214 g/mol. The maximum atomic E-state index is 11.3. The van der Waals surface area contributed by atoms with E-state index in [4.69, 9.17) is 10.5 Å². The Balaban J connectivity index is 2.10. The van der Waals surface area contributed by atoms with Gasteiger partial charge in [0.15, 0.2) is 0 Å². The van der Waals surface area contributed by atoms with Crippen LogP contribution in [0.25, 0.3) is 0 Å². The molecule has 4 heteroatoms. The summed E-state index contributed by atoms with van der Waals surface area (Å²) in [6, 6.07) is 0. The van der Waals surface area contributed by atoms with Gasteiger partial charge in [-0.25, -0.2) is 0 Å². The lowest BCUT2D eigenvalue weighted by atomic mass is 9.89. The number of rotatable bonds is 6. The Kier molecular flexibility index (Phi) is 5.05. The van der Waals surface area contributed by atoms with Gasteiger partial charge in [0, 0.05) is 13.1 Å². The fraction of sp³-hybridized carbons (Fsp3) is 0.909. The fourth-order valence-corrected chi connectivity index (χ4v) is 2.02. The Morgan fingerprint density at radius 3 is 2.73 bits per heavy atom. The maximum absolute atomic E-state index is 11.3. The minimum atomic E-state index is -0.0309. The van der Waals surface area contributed by atoms with Crippen molar-refractivity contribution in [1.82, 2.24) is 5.32 Å². The summed E-state index contributed by atoms with van der Waals surface area (Å²) in [5.41, 5.74) is 5.56. The van der Waals surface area contributed by atoms with Gasteiger partial charge in [-0.1, -0.05) is 19.8 Å². The molecule has 0 aromatic heterocycles. The largest absolute Gasteiger partial charge is 0.370 e. The van der Waals surface area contributed by atoms with E-state index in [1.165, 1.54) is 25.7 Å². The average Bonchev–Trinajstić information content (AvgIpc) is 2.64. The van der Waals surface area contributed by atoms with Gasteiger partial charge in [0.25, 0.3) is 0 Å². The molecule has 3 N–H and O–H groups in total. The summed E-state index contributed by atoms with van der Waals surface area (Å²) in [6.07, 6.45) is 5.01. The molecule has 1 rings (SSSR count). The first kappa shape index (κ1) is 12.5. The highest BCUT2D eigenvalue weighted by molar-refractivity contribution is 5.77. The molecular formula is C11H22N2O2. The summed E-state index contributed by atoms with van der Waals surface area (Å²) in [6.45, 7) is 4.06. The van der Waals surface area contributed by atoms with Crippen LogP contribution < -0.4 is 11.1 Å². The minimum absolute atomic E-state index is 0.0309. The van der Waals surface area contributed by atoms with Gasteiger partial charge in [0.05, 0.1) is 6.61 Å². The van der Waals surface area contributed by atoms with Crippen LogP contribution in [0.1, 0.15) is 32.6 Å². The summed E-state index contributed by atoms with van der Waals surface area (Å²) in [4.78, 5) is 11.3. The Labute approximate surface area is 91.5 Å². The molecule has 0 aromatic rings. The number of hydrogen-bond donors (Lipinski definition) is 2. The standard InChI is InChI=1S/C11H22N2O2/c1-11(4-2-3-5-11)9-13-10(14)8-15-7-6-12/h2-9,12H2,1H3,(H,13,14). The van der Waals surface area contributed by atoms with Gasteiger partial charge in [-0.3, -0.25) is 4.79 Å². The predicted molar refractivity (Wildman–Crippen MR) is 59.5 cm³/mol. The van der Waals surface area contributed by atoms with Crippen molar-refractivity contribution in [3.8, 4) is 0 Å². The number of carbonyl (C=O) groups is 1. The molecule has 1 saturated carbocycles. The van der Waals surface area contributed by atoms with E-state index in [0.717, 1.165) is 6.54 Å². The lowest BCUT2D eigenvalue weighted by Gasteiger charge is -2.23. The summed E-state index contributed by atoms with van der Waals surface area (Å²) in [7, 11) is 0. The second-order valence-corrected chi connectivity index (χ2v) is 4.64. The van der Waals surface area contributed by atoms with E-state index >= 15 is 0 Å². The number of nitrogens with one attached hydrogen (secondary N) is 1. The number of amides is 1. The molecule has 1 aliphatic carbocycles. The third-order valence-corrected chi connectivity index (χ3v) is 3.02. The van der Waals surface area contributed by atoms with Crippen LogP contribution in [0.2, 0.25) is 0 Å². The molecular weight excluding hydrogens is 192 g/mol. The Bertz CT molecular complexity index is 201. The van der Waals surface area contributed by atoms with Gasteiger partial charge in [0.2, 0.25) is 5.91 Å². The first-order valence-electron chi connectivity index (χ1n) is 5.71. The van der Waals surface area contributed by atoms with Gasteiger partial charge < -0.3 is 15.8 Å². The van der Waals surface area contributed by atoms with Gasteiger partial charge in [-0.2, -0.15) is 0 Å². The van der Waals surface area contributed by atoms with Crippen LogP contribution in [0.4, 0.5) is 0 Å². The molecule has 0 heterocycles. The topological polar surface area (TPSA) is 64.3 Å². The van der Waals surface area contributed by atoms with Crippen LogP contribution in [-0.2, 0) is 9.53 Å². The molecule has 1 aliphatic rings. The lowest BCUT2D eigenvalue weighted by Crippen LogP contribution is -2.36. The molecule has 0 bridgehead atoms. The first-order valence-corrected chi connectivity index (χ1v) is 5.71. The molecule has 0 aliphatic heterocycles. The normalized spacial score (nSPS) is 19.1. The smallest absolute Gasteiger partial charge is 0.246 e. The summed E-state index contributed by atoms with van der Waals surface area (Å²) >= 11 is 0. The molecule has 0 atom stereocenters. The third-order valence-electron chi connectivity index (χ3n) is 3.02. The predicted octanol–water partition coefficient (Wildman–Crippen LogP) is 0.658. The van der Waals surface area contributed by atoms with Crippen LogP contribution in [0.15, 0.2) is 0 Å². The quantitative estimate of drug-likeness (QED) is 0.638. The van der Waals surface area contributed by atoms with Gasteiger partial charge in [-0.05, 0) is 18.3 Å². The Morgan fingerprint density at radius 2 is 2.13 bits per heavy atom. The van der Waals surface area contributed by atoms with Gasteiger partial charge >= 0.3 is 0 Å². The summed E-state index contributed by atoms with van der Waals surface area (Å²) in [5.74, 6) is -0.0309. The zero-order valence-corrected chi connectivity index (χ0v) is 9.55. The number of ether oxygens (including phenoxy) is 1. The van der Waals surface area contributed by atoms with Crippen molar-refractivity contribution in [2.45, 2.75) is 32.6 Å². The van der Waals surface area contributed by atoms with E-state index < -0.39 is 0 Å². The van der Waals surface area contributed by atoms with Crippen LogP contribution in [0, 0.1) is 5.41 Å². The SMILES string of the molecule is CC1(CNC(=O)COCCN)CCCC1. The first-order chi connectivity index (χ1) is 7.16. The third kappa shape index (κ3) is 4.62. The van der Waals surface area contributed by atoms with Crippen molar-refractivity contribution >= 4 is 5.91 Å². The van der Waals surface area contributed by atoms with E-state index in [-0.39, 0.29) is 12.5 Å². The highest BCUT2D eigenvalue weighted by atomic mass is 16.5. The fourth-order valence-electron chi connectivity index (χ4n) is 2.02. The maximum Gasteiger partial charge on any atom is 0.246 e. The van der Waals surface area contributed by atoms with Gasteiger partial charge in [-0.15, -0.1) is 0 Å². The van der Waals surface area contributed by atoms with E-state index in [1.807, 2.05) is 0 Å². The number of nitrogens with two attached hydrogens (primary N) is 1. The molecule has 0 radical (unpaired) electrons. The second-order valence-electron chi connectivity index (χ2n) is 4.64.